The molecule has 0 saturated heterocycles. The molecule has 0 unspecified atom stereocenters. The van der Waals surface area contributed by atoms with Gasteiger partial charge in [-0.15, -0.1) is 0 Å². The van der Waals surface area contributed by atoms with E-state index in [1.165, 1.54) is 0 Å². The Hall–Kier alpha value is -2.81. The van der Waals surface area contributed by atoms with Gasteiger partial charge < -0.3 is 15.6 Å². The molecule has 0 radical (unpaired) electrons. The average Bonchev–Trinajstić information content (AvgIpc) is 2.44. The fourth-order valence-corrected chi connectivity index (χ4v) is 1.34. The normalized spacial score (nSPS) is 11.5. The minimum Gasteiger partial charge on any atom is -0.481 e. The van der Waals surface area contributed by atoms with Gasteiger partial charge in [-0.1, -0.05) is 0 Å². The summed E-state index contributed by atoms with van der Waals surface area (Å²) in [5.74, 6) is -3.19. The van der Waals surface area contributed by atoms with Crippen LogP contribution in [0.1, 0.15) is 23.2 Å². The lowest BCUT2D eigenvalue weighted by molar-refractivity contribution is -0.384. The summed E-state index contributed by atoms with van der Waals surface area (Å²) in [5, 5.41) is 18.9. The molecule has 112 valence electrons. The monoisotopic (exact) mass is 296 g/mol. The molecule has 0 heterocycles. The highest BCUT2D eigenvalue weighted by molar-refractivity contribution is 5.98. The molecule has 0 saturated carbocycles. The van der Waals surface area contributed by atoms with Crippen LogP contribution in [0.3, 0.4) is 0 Å². The van der Waals surface area contributed by atoms with E-state index in [0.29, 0.717) is 0 Å². The molecule has 21 heavy (non-hydrogen) atoms. The van der Waals surface area contributed by atoms with E-state index in [-0.39, 0.29) is 24.1 Å². The highest BCUT2D eigenvalue weighted by Crippen LogP contribution is 2.13. The van der Waals surface area contributed by atoms with Crippen LogP contribution in [-0.4, -0.2) is 34.0 Å². The summed E-state index contributed by atoms with van der Waals surface area (Å²) in [4.78, 5) is 43.2. The Morgan fingerprint density at radius 2 is 1.86 bits per heavy atom. The van der Waals surface area contributed by atoms with Gasteiger partial charge in [0.1, 0.15) is 6.04 Å². The van der Waals surface area contributed by atoms with E-state index >= 15 is 0 Å². The number of carbonyl (C=O) groups excluding carboxylic acids is 2. The first-order chi connectivity index (χ1) is 9.81. The number of hydrogen-bond acceptors (Lipinski definition) is 7. The second kappa shape index (κ2) is 7.10. The number of rotatable bonds is 6. The van der Waals surface area contributed by atoms with Gasteiger partial charge in [0.15, 0.2) is 0 Å². The van der Waals surface area contributed by atoms with Gasteiger partial charge in [-0.2, -0.15) is 0 Å². The second-order valence-electron chi connectivity index (χ2n) is 4.05. The average molecular weight is 296 g/mol. The summed E-state index contributed by atoms with van der Waals surface area (Å²) < 4.78 is 4.47. The standard InChI is InChI=1S/C12H12N2O7/c13-9(5-6-10(15)16)12(18)21-11(17)7-1-3-8(4-2-7)14(19)20/h1-4,9H,5-6,13H2,(H,15,16)/t9-/m0/s1. The number of carboxylic acids is 1. The molecule has 0 amide bonds. The summed E-state index contributed by atoms with van der Waals surface area (Å²) in [6.45, 7) is 0. The summed E-state index contributed by atoms with van der Waals surface area (Å²) in [7, 11) is 0. The topological polar surface area (TPSA) is 150 Å². The third-order valence-corrected chi connectivity index (χ3v) is 2.48. The molecule has 0 aliphatic rings. The van der Waals surface area contributed by atoms with Gasteiger partial charge in [0.2, 0.25) is 0 Å². The number of benzene rings is 1. The van der Waals surface area contributed by atoms with Gasteiger partial charge in [-0.3, -0.25) is 14.9 Å². The predicted molar refractivity (Wildman–Crippen MR) is 68.4 cm³/mol. The summed E-state index contributed by atoms with van der Waals surface area (Å²) >= 11 is 0. The molecule has 1 aromatic rings. The number of hydrogen-bond donors (Lipinski definition) is 2. The van der Waals surface area contributed by atoms with E-state index in [2.05, 4.69) is 4.74 Å². The smallest absolute Gasteiger partial charge is 0.345 e. The number of ether oxygens (including phenoxy) is 1. The van der Waals surface area contributed by atoms with E-state index in [1.54, 1.807) is 0 Å². The summed E-state index contributed by atoms with van der Waals surface area (Å²) in [6.07, 6.45) is -0.496. The van der Waals surface area contributed by atoms with E-state index in [1.807, 2.05) is 0 Å². The van der Waals surface area contributed by atoms with Gasteiger partial charge in [0, 0.05) is 18.6 Å². The van der Waals surface area contributed by atoms with E-state index in [9.17, 15) is 24.5 Å². The molecule has 0 fully saturated rings. The lowest BCUT2D eigenvalue weighted by Gasteiger charge is -2.08. The fraction of sp³-hybridized carbons (Fsp3) is 0.250. The summed E-state index contributed by atoms with van der Waals surface area (Å²) in [6, 6.07) is 3.22. The summed E-state index contributed by atoms with van der Waals surface area (Å²) in [5.41, 5.74) is 5.11. The zero-order valence-electron chi connectivity index (χ0n) is 10.7. The highest BCUT2D eigenvalue weighted by atomic mass is 16.6. The number of nitrogens with two attached hydrogens (primary N) is 1. The van der Waals surface area contributed by atoms with Crippen LogP contribution >= 0.6 is 0 Å². The van der Waals surface area contributed by atoms with Crippen LogP contribution in [0.5, 0.6) is 0 Å². The number of carbonyl (C=O) groups is 3. The van der Waals surface area contributed by atoms with Crippen molar-refractivity contribution in [2.75, 3.05) is 0 Å². The van der Waals surface area contributed by atoms with Gasteiger partial charge in [-0.05, 0) is 18.6 Å². The molecule has 0 aromatic heterocycles. The van der Waals surface area contributed by atoms with Gasteiger partial charge >= 0.3 is 17.9 Å². The second-order valence-corrected chi connectivity index (χ2v) is 4.05. The molecule has 9 nitrogen and oxygen atoms in total. The number of esters is 2. The highest BCUT2D eigenvalue weighted by Gasteiger charge is 2.21. The van der Waals surface area contributed by atoms with Crippen molar-refractivity contribution >= 4 is 23.6 Å². The Morgan fingerprint density at radius 1 is 1.29 bits per heavy atom. The molecule has 3 N–H and O–H groups in total. The molecule has 1 atom stereocenters. The molecule has 0 spiro atoms. The quantitative estimate of drug-likeness (QED) is 0.333. The molecule has 9 heteroatoms. The Labute approximate surface area is 118 Å². The largest absolute Gasteiger partial charge is 0.481 e. The van der Waals surface area contributed by atoms with Crippen LogP contribution < -0.4 is 5.73 Å². The van der Waals surface area contributed by atoms with Gasteiger partial charge in [0.25, 0.3) is 5.69 Å². The zero-order valence-corrected chi connectivity index (χ0v) is 10.7. The Kier molecular flexibility index (Phi) is 5.49. The van der Waals surface area contributed by atoms with Crippen molar-refractivity contribution in [3.05, 3.63) is 39.9 Å². The number of carboxylic acid groups (broad SMARTS) is 1. The Bertz CT molecular complexity index is 567. The maximum absolute atomic E-state index is 11.6. The van der Waals surface area contributed by atoms with Crippen molar-refractivity contribution < 1.29 is 29.2 Å². The maximum Gasteiger partial charge on any atom is 0.345 e. The van der Waals surface area contributed by atoms with Crippen molar-refractivity contribution in [2.24, 2.45) is 5.73 Å². The number of non-ortho nitro benzene ring substituents is 1. The zero-order chi connectivity index (χ0) is 16.0. The SMILES string of the molecule is N[C@@H](CCC(=O)O)C(=O)OC(=O)c1ccc([N+](=O)[O-])cc1. The number of nitrogens with zero attached hydrogens (tertiary/aromatic N) is 1. The first-order valence-corrected chi connectivity index (χ1v) is 5.79. The number of nitro groups is 1. The van der Waals surface area contributed by atoms with Crippen LogP contribution in [0, 0.1) is 10.1 Å². The first-order valence-electron chi connectivity index (χ1n) is 5.79. The van der Waals surface area contributed by atoms with Crippen molar-refractivity contribution in [3.8, 4) is 0 Å². The Morgan fingerprint density at radius 3 is 2.33 bits per heavy atom. The molecule has 0 aliphatic carbocycles. The van der Waals surface area contributed by atoms with Crippen LogP contribution in [0.2, 0.25) is 0 Å². The van der Waals surface area contributed by atoms with E-state index < -0.39 is 28.9 Å². The minimum atomic E-state index is -1.23. The van der Waals surface area contributed by atoms with Crippen molar-refractivity contribution in [1.29, 1.82) is 0 Å². The van der Waals surface area contributed by atoms with Crippen molar-refractivity contribution in [2.45, 2.75) is 18.9 Å². The first kappa shape index (κ1) is 16.2. The lowest BCUT2D eigenvalue weighted by Crippen LogP contribution is -2.34. The molecule has 0 aliphatic heterocycles. The maximum atomic E-state index is 11.6. The van der Waals surface area contributed by atoms with Crippen LogP contribution in [0.15, 0.2) is 24.3 Å². The fourth-order valence-electron chi connectivity index (χ4n) is 1.34. The molecule has 0 bridgehead atoms. The minimum absolute atomic E-state index is 0.0561. The van der Waals surface area contributed by atoms with E-state index in [0.717, 1.165) is 24.3 Å². The van der Waals surface area contributed by atoms with Gasteiger partial charge in [0.05, 0.1) is 10.5 Å². The van der Waals surface area contributed by atoms with Crippen LogP contribution in [0.25, 0.3) is 0 Å². The molecular weight excluding hydrogens is 284 g/mol. The van der Waals surface area contributed by atoms with Crippen LogP contribution in [0.4, 0.5) is 5.69 Å². The molecule has 1 rings (SSSR count). The molecule has 1 aromatic carbocycles. The van der Waals surface area contributed by atoms with Crippen molar-refractivity contribution in [1.82, 2.24) is 0 Å². The third-order valence-electron chi connectivity index (χ3n) is 2.48. The van der Waals surface area contributed by atoms with Gasteiger partial charge in [-0.25, -0.2) is 9.59 Å². The number of nitro benzene ring substituents is 1. The number of aliphatic carboxylic acids is 1. The van der Waals surface area contributed by atoms with E-state index in [4.69, 9.17) is 10.8 Å². The third kappa shape index (κ3) is 4.99. The molecular formula is C12H12N2O7. The van der Waals surface area contributed by atoms with Crippen LogP contribution in [-0.2, 0) is 14.3 Å². The predicted octanol–water partition coefficient (Wildman–Crippen LogP) is 0.470. The lowest BCUT2D eigenvalue weighted by atomic mass is 10.1. The Balaban J connectivity index is 2.61. The van der Waals surface area contributed by atoms with Crippen molar-refractivity contribution in [3.63, 3.8) is 0 Å².